The minimum atomic E-state index is -0.141. The first-order chi connectivity index (χ1) is 8.84. The van der Waals surface area contributed by atoms with Crippen LogP contribution in [-0.2, 0) is 4.84 Å². The third-order valence-electron chi connectivity index (χ3n) is 2.69. The maximum atomic E-state index is 12.1. The summed E-state index contributed by atoms with van der Waals surface area (Å²) in [4.78, 5) is 17.3. The number of rotatable bonds is 2. The summed E-state index contributed by atoms with van der Waals surface area (Å²) in [5.74, 6) is 0.324. The fraction of sp³-hybridized carbons (Fsp3) is 0.273. The van der Waals surface area contributed by atoms with E-state index in [0.717, 1.165) is 12.0 Å². The molecule has 18 heavy (non-hydrogen) atoms. The molecule has 2 aromatic rings. The molecule has 1 fully saturated rings. The van der Waals surface area contributed by atoms with Crippen LogP contribution < -0.4 is 0 Å². The molecule has 92 valence electrons. The molecule has 3 rings (SSSR count). The zero-order valence-electron chi connectivity index (χ0n) is 9.54. The molecule has 7 nitrogen and oxygen atoms in total. The van der Waals surface area contributed by atoms with Crippen LogP contribution in [0.2, 0.25) is 0 Å². The molecule has 1 saturated heterocycles. The van der Waals surface area contributed by atoms with E-state index in [4.69, 9.17) is 4.84 Å². The van der Waals surface area contributed by atoms with Crippen LogP contribution in [0.5, 0.6) is 0 Å². The number of hydrogen-bond donors (Lipinski definition) is 1. The average molecular weight is 245 g/mol. The van der Waals surface area contributed by atoms with Crippen molar-refractivity contribution in [2.75, 3.05) is 13.2 Å². The van der Waals surface area contributed by atoms with Crippen LogP contribution in [-0.4, -0.2) is 44.7 Å². The summed E-state index contributed by atoms with van der Waals surface area (Å²) in [5.41, 5.74) is 1.30. The molecule has 0 spiro atoms. The predicted molar refractivity (Wildman–Crippen MR) is 61.2 cm³/mol. The van der Waals surface area contributed by atoms with Crippen LogP contribution in [0.4, 0.5) is 0 Å². The largest absolute Gasteiger partial charge is 0.277 e. The molecule has 0 radical (unpaired) electrons. The summed E-state index contributed by atoms with van der Waals surface area (Å²) in [6, 6.07) is 7.09. The quantitative estimate of drug-likeness (QED) is 0.839. The Morgan fingerprint density at radius 3 is 3.11 bits per heavy atom. The summed E-state index contributed by atoms with van der Waals surface area (Å²) < 4.78 is 0. The molecule has 7 heteroatoms. The number of tetrazole rings is 1. The number of hydrogen-bond acceptors (Lipinski definition) is 5. The molecular weight excluding hydrogens is 234 g/mol. The SMILES string of the molecule is O=C(c1cccc(-c2nn[nH]n2)c1)N1CCCO1. The number of hydroxylamine groups is 2. The van der Waals surface area contributed by atoms with Crippen LogP contribution in [0, 0.1) is 0 Å². The lowest BCUT2D eigenvalue weighted by atomic mass is 10.1. The van der Waals surface area contributed by atoms with Crippen molar-refractivity contribution in [2.45, 2.75) is 6.42 Å². The Balaban J connectivity index is 1.89. The number of aromatic nitrogens is 4. The second-order valence-corrected chi connectivity index (χ2v) is 3.91. The second kappa shape index (κ2) is 4.53. The molecule has 0 unspecified atom stereocenters. The van der Waals surface area contributed by atoms with Crippen LogP contribution in [0.15, 0.2) is 24.3 Å². The Morgan fingerprint density at radius 2 is 2.39 bits per heavy atom. The van der Waals surface area contributed by atoms with Crippen molar-refractivity contribution >= 4 is 5.91 Å². The van der Waals surface area contributed by atoms with E-state index >= 15 is 0 Å². The highest BCUT2D eigenvalue weighted by Crippen LogP contribution is 2.17. The molecule has 0 bridgehead atoms. The Labute approximate surface area is 103 Å². The zero-order valence-corrected chi connectivity index (χ0v) is 9.54. The van der Waals surface area contributed by atoms with Crippen LogP contribution in [0.3, 0.4) is 0 Å². The van der Waals surface area contributed by atoms with Gasteiger partial charge in [0.05, 0.1) is 13.2 Å². The van der Waals surface area contributed by atoms with Crippen molar-refractivity contribution in [3.63, 3.8) is 0 Å². The molecule has 1 aliphatic heterocycles. The molecule has 0 atom stereocenters. The molecule has 1 N–H and O–H groups in total. The van der Waals surface area contributed by atoms with E-state index in [1.165, 1.54) is 5.06 Å². The first-order valence-electron chi connectivity index (χ1n) is 5.63. The van der Waals surface area contributed by atoms with Gasteiger partial charge in [-0.25, -0.2) is 5.06 Å². The minimum Gasteiger partial charge on any atom is -0.271 e. The first-order valence-corrected chi connectivity index (χ1v) is 5.63. The van der Waals surface area contributed by atoms with E-state index in [1.807, 2.05) is 6.07 Å². The van der Waals surface area contributed by atoms with Crippen molar-refractivity contribution in [3.8, 4) is 11.4 Å². The number of nitrogens with one attached hydrogen (secondary N) is 1. The Bertz CT molecular complexity index is 548. The standard InChI is InChI=1S/C11H11N5O2/c17-11(16-5-2-6-18-16)9-4-1-3-8(7-9)10-12-14-15-13-10/h1,3-4,7H,2,5-6H2,(H,12,13,14,15). The van der Waals surface area contributed by atoms with Crippen molar-refractivity contribution in [3.05, 3.63) is 29.8 Å². The van der Waals surface area contributed by atoms with E-state index in [2.05, 4.69) is 20.6 Å². The lowest BCUT2D eigenvalue weighted by Gasteiger charge is -2.13. The second-order valence-electron chi connectivity index (χ2n) is 3.91. The van der Waals surface area contributed by atoms with Gasteiger partial charge in [-0.2, -0.15) is 5.21 Å². The fourth-order valence-corrected chi connectivity index (χ4v) is 1.83. The summed E-state index contributed by atoms with van der Waals surface area (Å²) in [7, 11) is 0. The Kier molecular flexibility index (Phi) is 2.73. The highest BCUT2D eigenvalue weighted by molar-refractivity contribution is 5.94. The number of amides is 1. The van der Waals surface area contributed by atoms with E-state index in [0.29, 0.717) is 24.5 Å². The van der Waals surface area contributed by atoms with Gasteiger partial charge in [-0.3, -0.25) is 9.63 Å². The molecule has 1 aromatic heterocycles. The van der Waals surface area contributed by atoms with Gasteiger partial charge < -0.3 is 0 Å². The third-order valence-corrected chi connectivity index (χ3v) is 2.69. The van der Waals surface area contributed by atoms with Gasteiger partial charge in [0.25, 0.3) is 5.91 Å². The average Bonchev–Trinajstić information content (AvgIpc) is 3.11. The number of aromatic amines is 1. The van der Waals surface area contributed by atoms with Gasteiger partial charge in [0, 0.05) is 11.1 Å². The first kappa shape index (κ1) is 10.8. The molecule has 1 aliphatic rings. The normalized spacial score (nSPS) is 15.0. The molecule has 0 saturated carbocycles. The number of carbonyl (C=O) groups excluding carboxylic acids is 1. The van der Waals surface area contributed by atoms with Gasteiger partial charge in [-0.1, -0.05) is 12.1 Å². The summed E-state index contributed by atoms with van der Waals surface area (Å²) >= 11 is 0. The van der Waals surface area contributed by atoms with Crippen LogP contribution in [0.25, 0.3) is 11.4 Å². The third kappa shape index (κ3) is 1.95. The van der Waals surface area contributed by atoms with Crippen LogP contribution in [0.1, 0.15) is 16.8 Å². The van der Waals surface area contributed by atoms with Gasteiger partial charge in [0.15, 0.2) is 0 Å². The van der Waals surface area contributed by atoms with Gasteiger partial charge in [-0.05, 0) is 23.8 Å². The Hall–Kier alpha value is -2.28. The number of H-pyrrole nitrogens is 1. The topological polar surface area (TPSA) is 84.0 Å². The van der Waals surface area contributed by atoms with Crippen molar-refractivity contribution in [1.82, 2.24) is 25.7 Å². The van der Waals surface area contributed by atoms with E-state index in [9.17, 15) is 4.79 Å². The molecule has 1 amide bonds. The van der Waals surface area contributed by atoms with E-state index < -0.39 is 0 Å². The zero-order chi connectivity index (χ0) is 12.4. The lowest BCUT2D eigenvalue weighted by Crippen LogP contribution is -2.26. The summed E-state index contributed by atoms with van der Waals surface area (Å²) in [6.45, 7) is 1.22. The summed E-state index contributed by atoms with van der Waals surface area (Å²) in [6.07, 6.45) is 0.871. The minimum absolute atomic E-state index is 0.141. The maximum Gasteiger partial charge on any atom is 0.277 e. The fourth-order valence-electron chi connectivity index (χ4n) is 1.83. The number of benzene rings is 1. The smallest absolute Gasteiger partial charge is 0.271 e. The highest BCUT2D eigenvalue weighted by Gasteiger charge is 2.21. The highest BCUT2D eigenvalue weighted by atomic mass is 16.7. The van der Waals surface area contributed by atoms with E-state index in [1.54, 1.807) is 18.2 Å². The number of carbonyl (C=O) groups is 1. The Morgan fingerprint density at radius 1 is 1.44 bits per heavy atom. The van der Waals surface area contributed by atoms with Crippen molar-refractivity contribution in [1.29, 1.82) is 0 Å². The van der Waals surface area contributed by atoms with Crippen LogP contribution >= 0.6 is 0 Å². The number of nitrogens with zero attached hydrogens (tertiary/aromatic N) is 4. The molecule has 0 aliphatic carbocycles. The van der Waals surface area contributed by atoms with Gasteiger partial charge in [-0.15, -0.1) is 10.2 Å². The maximum absolute atomic E-state index is 12.1. The summed E-state index contributed by atoms with van der Waals surface area (Å²) in [5, 5.41) is 15.0. The molecule has 2 heterocycles. The van der Waals surface area contributed by atoms with Gasteiger partial charge in [0.2, 0.25) is 5.82 Å². The monoisotopic (exact) mass is 245 g/mol. The van der Waals surface area contributed by atoms with E-state index in [-0.39, 0.29) is 5.91 Å². The molecular formula is C11H11N5O2. The van der Waals surface area contributed by atoms with Crippen molar-refractivity contribution in [2.24, 2.45) is 0 Å². The van der Waals surface area contributed by atoms with Crippen molar-refractivity contribution < 1.29 is 9.63 Å². The van der Waals surface area contributed by atoms with Gasteiger partial charge >= 0.3 is 0 Å². The predicted octanol–water partition coefficient (Wildman–Crippen LogP) is 0.644. The molecule has 1 aromatic carbocycles. The van der Waals surface area contributed by atoms with Gasteiger partial charge in [0.1, 0.15) is 0 Å². The lowest BCUT2D eigenvalue weighted by molar-refractivity contribution is -0.0768.